The van der Waals surface area contributed by atoms with Crippen LogP contribution in [0.5, 0.6) is 0 Å². The number of unbranched alkanes of at least 4 members (excludes halogenated alkanes) is 8. The summed E-state index contributed by atoms with van der Waals surface area (Å²) in [5, 5.41) is 8.39. The van der Waals surface area contributed by atoms with Crippen molar-refractivity contribution < 1.29 is 96.1 Å². The maximum Gasteiger partial charge on any atom is 1.00 e. The molecule has 1 N–H and O–H groups in total. The molecule has 0 unspecified atom stereocenters. The average molecular weight is 400 g/mol. The zero-order chi connectivity index (χ0) is 18.1. The molecule has 0 saturated carbocycles. The number of rotatable bonds is 11. The average Bonchev–Trinajstić information content (AvgIpc) is 2.43. The number of aliphatic hydroxyl groups excluding tert-OH is 1. The molecule has 0 aromatic carbocycles. The van der Waals surface area contributed by atoms with Crippen molar-refractivity contribution in [3.05, 3.63) is 0 Å². The van der Waals surface area contributed by atoms with Gasteiger partial charge in [0.05, 0.1) is 0 Å². The van der Waals surface area contributed by atoms with Gasteiger partial charge in [0.15, 0.2) is 0 Å². The van der Waals surface area contributed by atoms with Crippen LogP contribution in [0.2, 0.25) is 0 Å². The van der Waals surface area contributed by atoms with Crippen LogP contribution in [0.3, 0.4) is 0 Å². The van der Waals surface area contributed by atoms with Crippen molar-refractivity contribution in [3.63, 3.8) is 0 Å². The Morgan fingerprint density at radius 1 is 0.840 bits per heavy atom. The third-order valence-corrected chi connectivity index (χ3v) is 2.84. The minimum absolute atomic E-state index is 0. The molecule has 0 aliphatic carbocycles. The van der Waals surface area contributed by atoms with E-state index in [1.807, 2.05) is 0 Å². The normalized spacial score (nSPS) is 9.76. The minimum atomic E-state index is -5.17. The van der Waals surface area contributed by atoms with Gasteiger partial charge in [0.1, 0.15) is 6.61 Å². The Labute approximate surface area is 194 Å². The third-order valence-electron chi connectivity index (χ3n) is 2.84. The van der Waals surface area contributed by atoms with Crippen LogP contribution in [0, 0.1) is 0 Å². The molecule has 0 aromatic rings. The van der Waals surface area contributed by atoms with E-state index in [1.54, 1.807) is 0 Å². The van der Waals surface area contributed by atoms with E-state index in [0.717, 1.165) is 19.3 Å². The van der Waals surface area contributed by atoms with Crippen LogP contribution < -0.4 is 59.1 Å². The third kappa shape index (κ3) is 40.8. The molecular weight excluding hydrogens is 374 g/mol. The van der Waals surface area contributed by atoms with E-state index in [2.05, 4.69) is 11.7 Å². The molecule has 0 aliphatic heterocycles. The smallest absolute Gasteiger partial charge is 0.759 e. The molecular formula is C14H26Na2O8S. The van der Waals surface area contributed by atoms with Gasteiger partial charge in [-0.3, -0.25) is 13.2 Å². The van der Waals surface area contributed by atoms with Gasteiger partial charge in [-0.2, -0.15) is 0 Å². The zero-order valence-corrected chi connectivity index (χ0v) is 20.3. The summed E-state index contributed by atoms with van der Waals surface area (Å²) in [6.45, 7) is 1.48. The van der Waals surface area contributed by atoms with Crippen molar-refractivity contribution in [2.75, 3.05) is 6.61 Å². The predicted octanol–water partition coefficient (Wildman–Crippen LogP) is -4.36. The van der Waals surface area contributed by atoms with Gasteiger partial charge < -0.3 is 18.9 Å². The van der Waals surface area contributed by atoms with Crippen molar-refractivity contribution in [1.29, 1.82) is 0 Å². The summed E-state index contributed by atoms with van der Waals surface area (Å²) in [4.78, 5) is 21.7. The Hall–Kier alpha value is 0.970. The topological polar surface area (TPSA) is 144 Å². The maximum absolute atomic E-state index is 11.1. The summed E-state index contributed by atoms with van der Waals surface area (Å²) in [5.41, 5.74) is 0. The monoisotopic (exact) mass is 400 g/mol. The van der Waals surface area contributed by atoms with Gasteiger partial charge in [-0.1, -0.05) is 58.3 Å². The van der Waals surface area contributed by atoms with Crippen molar-refractivity contribution in [2.45, 2.75) is 71.1 Å². The fourth-order valence-electron chi connectivity index (χ4n) is 1.79. The predicted molar refractivity (Wildman–Crippen MR) is 80.5 cm³/mol. The summed E-state index contributed by atoms with van der Waals surface area (Å²) < 4.78 is 38.4. The second-order valence-corrected chi connectivity index (χ2v) is 5.81. The Bertz CT molecular complexity index is 407. The zero-order valence-electron chi connectivity index (χ0n) is 15.5. The van der Waals surface area contributed by atoms with E-state index in [1.165, 1.54) is 38.5 Å². The molecule has 0 saturated heterocycles. The maximum atomic E-state index is 11.1. The van der Waals surface area contributed by atoms with Crippen molar-refractivity contribution in [2.24, 2.45) is 0 Å². The van der Waals surface area contributed by atoms with Gasteiger partial charge in [0.25, 0.3) is 0 Å². The number of esters is 2. The van der Waals surface area contributed by atoms with Gasteiger partial charge in [-0.05, 0) is 6.42 Å². The molecule has 0 atom stereocenters. The standard InChI is InChI=1S/C14H26O4.2Na.H2O4S/c1-2-3-4-5-6-7-8-9-10-11-13(16)18-14(17)12-15;;;1-5(2,3)4/h15H,2-12H2,1H3;;;(H2,1,2,3,4)/q;2*+1;/p-2. The molecule has 0 aliphatic rings. The van der Waals surface area contributed by atoms with E-state index < -0.39 is 28.9 Å². The van der Waals surface area contributed by atoms with E-state index >= 15 is 0 Å². The van der Waals surface area contributed by atoms with Crippen molar-refractivity contribution in [3.8, 4) is 0 Å². The first kappa shape index (κ1) is 33.5. The molecule has 0 radical (unpaired) electrons. The minimum Gasteiger partial charge on any atom is -0.759 e. The van der Waals surface area contributed by atoms with Gasteiger partial charge in [-0.15, -0.1) is 0 Å². The van der Waals surface area contributed by atoms with Crippen LogP contribution >= 0.6 is 0 Å². The number of ether oxygens (including phenoxy) is 1. The summed E-state index contributed by atoms with van der Waals surface area (Å²) in [6.07, 6.45) is 10.9. The fraction of sp³-hybridized carbons (Fsp3) is 0.857. The molecule has 0 heterocycles. The molecule has 8 nitrogen and oxygen atoms in total. The first-order chi connectivity index (χ1) is 10.7. The number of aliphatic hydroxyl groups is 1. The fourth-order valence-corrected chi connectivity index (χ4v) is 1.79. The van der Waals surface area contributed by atoms with Crippen molar-refractivity contribution in [1.82, 2.24) is 0 Å². The number of carbonyl (C=O) groups excluding carboxylic acids is 2. The Morgan fingerprint density at radius 2 is 1.20 bits per heavy atom. The van der Waals surface area contributed by atoms with Crippen LogP contribution in [0.1, 0.15) is 71.1 Å². The molecule has 138 valence electrons. The number of hydrogen-bond acceptors (Lipinski definition) is 8. The van der Waals surface area contributed by atoms with Crippen LogP contribution in [-0.2, 0) is 24.7 Å². The van der Waals surface area contributed by atoms with Gasteiger partial charge in [0.2, 0.25) is 0 Å². The largest absolute Gasteiger partial charge is 1.00 e. The van der Waals surface area contributed by atoms with Gasteiger partial charge in [-0.25, -0.2) is 4.79 Å². The molecule has 0 amide bonds. The second-order valence-electron chi connectivity index (χ2n) is 4.99. The molecule has 0 bridgehead atoms. The van der Waals surface area contributed by atoms with E-state index in [-0.39, 0.29) is 65.5 Å². The summed E-state index contributed by atoms with van der Waals surface area (Å²) >= 11 is 0. The first-order valence-corrected chi connectivity index (χ1v) is 9.05. The molecule has 0 fully saturated rings. The molecule has 0 spiro atoms. The Kier molecular flexibility index (Phi) is 30.9. The van der Waals surface area contributed by atoms with Crippen LogP contribution in [0.25, 0.3) is 0 Å². The quantitative estimate of drug-likeness (QED) is 0.0915. The van der Waals surface area contributed by atoms with Gasteiger partial charge in [0, 0.05) is 16.8 Å². The van der Waals surface area contributed by atoms with Crippen LogP contribution in [-0.4, -0.2) is 41.2 Å². The van der Waals surface area contributed by atoms with E-state index in [9.17, 15) is 9.59 Å². The molecule has 11 heteroatoms. The SMILES string of the molecule is CCCCCCCCCCCC(=O)OC(=O)CO.O=S(=O)([O-])[O-].[Na+].[Na+]. The Morgan fingerprint density at radius 3 is 1.56 bits per heavy atom. The molecule has 25 heavy (non-hydrogen) atoms. The van der Waals surface area contributed by atoms with E-state index in [4.69, 9.17) is 22.6 Å². The van der Waals surface area contributed by atoms with E-state index in [0.29, 0.717) is 0 Å². The van der Waals surface area contributed by atoms with Crippen LogP contribution in [0.4, 0.5) is 0 Å². The summed E-state index contributed by atoms with van der Waals surface area (Å²) in [7, 11) is -5.17. The first-order valence-electron chi connectivity index (χ1n) is 7.71. The number of hydrogen-bond donors (Lipinski definition) is 1. The molecule has 0 rings (SSSR count). The summed E-state index contributed by atoms with van der Waals surface area (Å²) in [6, 6.07) is 0. The van der Waals surface area contributed by atoms with Gasteiger partial charge >= 0.3 is 71.1 Å². The summed E-state index contributed by atoms with van der Waals surface area (Å²) in [5.74, 6) is -1.40. The van der Waals surface area contributed by atoms with Crippen molar-refractivity contribution >= 4 is 22.3 Å². The van der Waals surface area contributed by atoms with Crippen LogP contribution in [0.15, 0.2) is 0 Å². The second kappa shape index (κ2) is 23.0. The Balaban J connectivity index is -0.000000276. The molecule has 0 aromatic heterocycles. The number of carbonyl (C=O) groups is 2.